The molecule has 0 spiro atoms. The number of carboxylic acids is 1. The van der Waals surface area contributed by atoms with Gasteiger partial charge in [-0.25, -0.2) is 0 Å². The molecule has 0 aliphatic carbocycles. The van der Waals surface area contributed by atoms with E-state index in [2.05, 4.69) is 0 Å². The van der Waals surface area contributed by atoms with Gasteiger partial charge in [-0.15, -0.1) is 0 Å². The maximum atomic E-state index is 10.8. The number of carbonyl (C=O) groups is 1. The van der Waals surface area contributed by atoms with Crippen LogP contribution < -0.4 is 4.74 Å². The first-order valence-electron chi connectivity index (χ1n) is 5.30. The third-order valence-electron chi connectivity index (χ3n) is 2.96. The maximum absolute atomic E-state index is 10.8. The van der Waals surface area contributed by atoms with Crippen molar-refractivity contribution in [3.05, 3.63) is 29.8 Å². The van der Waals surface area contributed by atoms with E-state index in [0.717, 1.165) is 24.3 Å². The molecule has 1 atom stereocenters. The largest absolute Gasteiger partial charge is 0.497 e. The van der Waals surface area contributed by atoms with E-state index in [1.54, 1.807) is 7.11 Å². The summed E-state index contributed by atoms with van der Waals surface area (Å²) in [7, 11) is 1.63. The van der Waals surface area contributed by atoms with E-state index in [1.807, 2.05) is 29.2 Å². The van der Waals surface area contributed by atoms with Gasteiger partial charge in [-0.2, -0.15) is 0 Å². The molecule has 1 aromatic rings. The Morgan fingerprint density at radius 3 is 2.62 bits per heavy atom. The molecule has 4 nitrogen and oxygen atoms in total. The topological polar surface area (TPSA) is 49.8 Å². The Labute approximate surface area is 94.4 Å². The van der Waals surface area contributed by atoms with Crippen molar-refractivity contribution >= 4 is 5.97 Å². The number of carboxylic acid groups (broad SMARTS) is 1. The number of hydrogen-bond donors (Lipinski definition) is 1. The van der Waals surface area contributed by atoms with E-state index < -0.39 is 5.97 Å². The van der Waals surface area contributed by atoms with Crippen LogP contribution >= 0.6 is 0 Å². The molecule has 0 aromatic heterocycles. The lowest BCUT2D eigenvalue weighted by atomic mass is 10.0. The molecule has 2 rings (SSSR count). The summed E-state index contributed by atoms with van der Waals surface area (Å²) >= 11 is 0. The second kappa shape index (κ2) is 4.53. The number of aliphatic carboxylic acids is 1. The van der Waals surface area contributed by atoms with Gasteiger partial charge in [-0.1, -0.05) is 12.1 Å². The van der Waals surface area contributed by atoms with Gasteiger partial charge in [0, 0.05) is 13.1 Å². The first-order chi connectivity index (χ1) is 7.70. The Hall–Kier alpha value is -1.55. The Balaban J connectivity index is 1.96. The molecule has 1 unspecified atom stereocenters. The number of methoxy groups -OCH3 is 1. The number of rotatable bonds is 4. The van der Waals surface area contributed by atoms with Crippen molar-refractivity contribution in [2.24, 2.45) is 0 Å². The van der Waals surface area contributed by atoms with Gasteiger partial charge in [0.05, 0.1) is 7.11 Å². The van der Waals surface area contributed by atoms with Gasteiger partial charge in [-0.3, -0.25) is 9.69 Å². The molecule has 0 bridgehead atoms. The first kappa shape index (κ1) is 11.0. The predicted molar refractivity (Wildman–Crippen MR) is 59.4 cm³/mol. The monoisotopic (exact) mass is 221 g/mol. The second-order valence-corrected chi connectivity index (χ2v) is 3.96. The molecule has 1 saturated heterocycles. The summed E-state index contributed by atoms with van der Waals surface area (Å²) in [6.07, 6.45) is 0.755. The van der Waals surface area contributed by atoms with Crippen LogP contribution in [0.3, 0.4) is 0 Å². The highest BCUT2D eigenvalue weighted by molar-refractivity contribution is 5.74. The van der Waals surface area contributed by atoms with Gasteiger partial charge in [0.15, 0.2) is 0 Å². The van der Waals surface area contributed by atoms with Crippen LogP contribution in [0.4, 0.5) is 0 Å². The zero-order valence-corrected chi connectivity index (χ0v) is 9.22. The lowest BCUT2D eigenvalue weighted by Crippen LogP contribution is -2.51. The van der Waals surface area contributed by atoms with Gasteiger partial charge < -0.3 is 9.84 Å². The van der Waals surface area contributed by atoms with E-state index >= 15 is 0 Å². The molecule has 1 aliphatic heterocycles. The van der Waals surface area contributed by atoms with Crippen LogP contribution in [0.25, 0.3) is 0 Å². The molecule has 1 aliphatic rings. The van der Waals surface area contributed by atoms with Gasteiger partial charge in [0.2, 0.25) is 0 Å². The van der Waals surface area contributed by atoms with Crippen molar-refractivity contribution in [1.29, 1.82) is 0 Å². The van der Waals surface area contributed by atoms with Crippen molar-refractivity contribution in [1.82, 2.24) is 4.90 Å². The van der Waals surface area contributed by atoms with Crippen molar-refractivity contribution < 1.29 is 14.6 Å². The molecule has 4 heteroatoms. The number of nitrogens with zero attached hydrogens (tertiary/aromatic N) is 1. The predicted octanol–water partition coefficient (Wildman–Crippen LogP) is 1.35. The van der Waals surface area contributed by atoms with Gasteiger partial charge >= 0.3 is 5.97 Å². The Morgan fingerprint density at radius 2 is 2.19 bits per heavy atom. The smallest absolute Gasteiger partial charge is 0.320 e. The van der Waals surface area contributed by atoms with Crippen LogP contribution in [0.2, 0.25) is 0 Å². The fourth-order valence-electron chi connectivity index (χ4n) is 1.88. The third-order valence-corrected chi connectivity index (χ3v) is 2.96. The molecular weight excluding hydrogens is 206 g/mol. The first-order valence-corrected chi connectivity index (χ1v) is 5.30. The highest BCUT2D eigenvalue weighted by Crippen LogP contribution is 2.21. The Kier molecular flexibility index (Phi) is 3.10. The second-order valence-electron chi connectivity index (χ2n) is 3.96. The summed E-state index contributed by atoms with van der Waals surface area (Å²) in [5, 5.41) is 8.90. The highest BCUT2D eigenvalue weighted by Gasteiger charge is 2.33. The maximum Gasteiger partial charge on any atom is 0.320 e. The van der Waals surface area contributed by atoms with E-state index in [9.17, 15) is 4.79 Å². The fraction of sp³-hybridized carbons (Fsp3) is 0.417. The SMILES string of the molecule is COc1ccc(CN2CCC2C(=O)O)cc1. The molecule has 1 fully saturated rings. The van der Waals surface area contributed by atoms with Crippen molar-refractivity contribution in [3.8, 4) is 5.75 Å². The average molecular weight is 221 g/mol. The van der Waals surface area contributed by atoms with Crippen molar-refractivity contribution in [2.45, 2.75) is 19.0 Å². The van der Waals surface area contributed by atoms with Crippen LogP contribution in [0.1, 0.15) is 12.0 Å². The molecule has 16 heavy (non-hydrogen) atoms. The number of hydrogen-bond acceptors (Lipinski definition) is 3. The van der Waals surface area contributed by atoms with E-state index in [1.165, 1.54) is 0 Å². The lowest BCUT2D eigenvalue weighted by molar-refractivity contribution is -0.148. The van der Waals surface area contributed by atoms with Gasteiger partial charge in [0.25, 0.3) is 0 Å². The molecule has 86 valence electrons. The zero-order valence-electron chi connectivity index (χ0n) is 9.22. The summed E-state index contributed by atoms with van der Waals surface area (Å²) < 4.78 is 5.07. The molecule has 1 heterocycles. The minimum absolute atomic E-state index is 0.304. The minimum atomic E-state index is -0.722. The summed E-state index contributed by atoms with van der Waals surface area (Å²) in [5.74, 6) is 0.0990. The molecule has 0 radical (unpaired) electrons. The number of likely N-dealkylation sites (tertiary alicyclic amines) is 1. The number of ether oxygens (including phenoxy) is 1. The van der Waals surface area contributed by atoms with Crippen LogP contribution in [-0.2, 0) is 11.3 Å². The normalized spacial score (nSPS) is 20.2. The van der Waals surface area contributed by atoms with Crippen LogP contribution in [0, 0.1) is 0 Å². The standard InChI is InChI=1S/C12H15NO3/c1-16-10-4-2-9(3-5-10)8-13-7-6-11(13)12(14)15/h2-5,11H,6-8H2,1H3,(H,14,15). The Morgan fingerprint density at radius 1 is 1.50 bits per heavy atom. The molecule has 1 N–H and O–H groups in total. The minimum Gasteiger partial charge on any atom is -0.497 e. The average Bonchev–Trinajstić information content (AvgIpc) is 2.24. The summed E-state index contributed by atoms with van der Waals surface area (Å²) in [4.78, 5) is 12.8. The summed E-state index contributed by atoms with van der Waals surface area (Å²) in [6, 6.07) is 7.42. The van der Waals surface area contributed by atoms with E-state index in [-0.39, 0.29) is 6.04 Å². The zero-order chi connectivity index (χ0) is 11.5. The third kappa shape index (κ3) is 2.17. The van der Waals surface area contributed by atoms with Gasteiger partial charge in [-0.05, 0) is 24.1 Å². The van der Waals surface area contributed by atoms with Crippen LogP contribution in [-0.4, -0.2) is 35.7 Å². The molecule has 0 saturated carbocycles. The summed E-state index contributed by atoms with van der Waals surface area (Å²) in [5.41, 5.74) is 1.12. The quantitative estimate of drug-likeness (QED) is 0.834. The van der Waals surface area contributed by atoms with Crippen molar-refractivity contribution in [2.75, 3.05) is 13.7 Å². The van der Waals surface area contributed by atoms with Crippen molar-refractivity contribution in [3.63, 3.8) is 0 Å². The summed E-state index contributed by atoms with van der Waals surface area (Å²) in [6.45, 7) is 1.56. The molecular formula is C12H15NO3. The Bertz CT molecular complexity index is 374. The lowest BCUT2D eigenvalue weighted by Gasteiger charge is -2.37. The van der Waals surface area contributed by atoms with E-state index in [0.29, 0.717) is 6.54 Å². The fourth-order valence-corrected chi connectivity index (χ4v) is 1.88. The molecule has 0 amide bonds. The van der Waals surface area contributed by atoms with Gasteiger partial charge in [0.1, 0.15) is 11.8 Å². The molecule has 1 aromatic carbocycles. The van der Waals surface area contributed by atoms with Crippen LogP contribution in [0.5, 0.6) is 5.75 Å². The highest BCUT2D eigenvalue weighted by atomic mass is 16.5. The van der Waals surface area contributed by atoms with E-state index in [4.69, 9.17) is 9.84 Å². The van der Waals surface area contributed by atoms with Crippen LogP contribution in [0.15, 0.2) is 24.3 Å². The number of benzene rings is 1.